The fourth-order valence-electron chi connectivity index (χ4n) is 1.68. The molecule has 2 rings (SSSR count). The molecule has 1 nitrogen and oxygen atoms in total. The molecule has 0 aliphatic rings. The van der Waals surface area contributed by atoms with Crippen molar-refractivity contribution in [2.24, 2.45) is 0 Å². The van der Waals surface area contributed by atoms with E-state index in [9.17, 15) is 13.2 Å². The average Bonchev–Trinajstić information content (AvgIpc) is 2.38. The second-order valence-electron chi connectivity index (χ2n) is 3.93. The predicted octanol–water partition coefficient (Wildman–Crippen LogP) is 3.86. The molecule has 0 saturated heterocycles. The second-order valence-corrected chi connectivity index (χ2v) is 3.93. The van der Waals surface area contributed by atoms with E-state index >= 15 is 0 Å². The number of benzene rings is 2. The van der Waals surface area contributed by atoms with Crippen LogP contribution in [0.5, 0.6) is 0 Å². The highest BCUT2D eigenvalue weighted by molar-refractivity contribution is 5.64. The van der Waals surface area contributed by atoms with E-state index in [1.54, 1.807) is 30.3 Å². The first-order valence-electron chi connectivity index (χ1n) is 5.38. The van der Waals surface area contributed by atoms with E-state index in [0.717, 1.165) is 17.7 Å². The van der Waals surface area contributed by atoms with Crippen LogP contribution < -0.4 is 0 Å². The smallest absolute Gasteiger partial charge is 0.392 e. The van der Waals surface area contributed by atoms with Crippen molar-refractivity contribution < 1.29 is 18.3 Å². The molecule has 0 amide bonds. The lowest BCUT2D eigenvalue weighted by molar-refractivity contribution is -0.137. The molecule has 0 radical (unpaired) electrons. The summed E-state index contributed by atoms with van der Waals surface area (Å²) in [4.78, 5) is 0. The third-order valence-corrected chi connectivity index (χ3v) is 2.66. The van der Waals surface area contributed by atoms with E-state index in [0.29, 0.717) is 11.1 Å². The van der Waals surface area contributed by atoms with Gasteiger partial charge in [-0.15, -0.1) is 0 Å². The Labute approximate surface area is 103 Å². The summed E-state index contributed by atoms with van der Waals surface area (Å²) in [6.07, 6.45) is -4.33. The number of rotatable bonds is 2. The van der Waals surface area contributed by atoms with Crippen LogP contribution in [0.25, 0.3) is 11.1 Å². The molecule has 18 heavy (non-hydrogen) atoms. The summed E-state index contributed by atoms with van der Waals surface area (Å²) in [5.41, 5.74) is 1.27. The predicted molar refractivity (Wildman–Crippen MR) is 62.8 cm³/mol. The highest BCUT2D eigenvalue weighted by Gasteiger charge is 2.30. The van der Waals surface area contributed by atoms with Crippen LogP contribution in [0, 0.1) is 0 Å². The SMILES string of the molecule is OCc1ccc(-c2cccc(C(F)(F)F)c2)cc1. The molecule has 0 aromatic heterocycles. The number of halogens is 3. The minimum atomic E-state index is -4.33. The van der Waals surface area contributed by atoms with Crippen LogP contribution in [0.15, 0.2) is 48.5 Å². The van der Waals surface area contributed by atoms with Crippen LogP contribution in [-0.4, -0.2) is 5.11 Å². The first kappa shape index (κ1) is 12.6. The van der Waals surface area contributed by atoms with E-state index in [1.807, 2.05) is 0 Å². The Balaban J connectivity index is 2.38. The molecular formula is C14H11F3O. The Bertz CT molecular complexity index is 529. The fourth-order valence-corrected chi connectivity index (χ4v) is 1.68. The first-order valence-corrected chi connectivity index (χ1v) is 5.38. The molecule has 0 spiro atoms. The van der Waals surface area contributed by atoms with Gasteiger partial charge in [0, 0.05) is 0 Å². The molecule has 4 heteroatoms. The maximum absolute atomic E-state index is 12.6. The summed E-state index contributed by atoms with van der Waals surface area (Å²) in [6.45, 7) is -0.0805. The average molecular weight is 252 g/mol. The van der Waals surface area contributed by atoms with Gasteiger partial charge in [-0.05, 0) is 28.8 Å². The van der Waals surface area contributed by atoms with E-state index in [4.69, 9.17) is 5.11 Å². The first-order chi connectivity index (χ1) is 8.50. The molecule has 0 aliphatic heterocycles. The van der Waals surface area contributed by atoms with Crippen molar-refractivity contribution in [2.45, 2.75) is 12.8 Å². The zero-order chi connectivity index (χ0) is 13.2. The van der Waals surface area contributed by atoms with Crippen LogP contribution in [0.4, 0.5) is 13.2 Å². The summed E-state index contributed by atoms with van der Waals surface area (Å²) in [6, 6.07) is 12.0. The van der Waals surface area contributed by atoms with E-state index in [2.05, 4.69) is 0 Å². The highest BCUT2D eigenvalue weighted by atomic mass is 19.4. The summed E-state index contributed by atoms with van der Waals surface area (Å²) >= 11 is 0. The van der Waals surface area contributed by atoms with Crippen LogP contribution in [0.2, 0.25) is 0 Å². The Hall–Kier alpha value is -1.81. The van der Waals surface area contributed by atoms with Gasteiger partial charge in [0.15, 0.2) is 0 Å². The molecule has 1 N–H and O–H groups in total. The van der Waals surface area contributed by atoms with Gasteiger partial charge in [-0.3, -0.25) is 0 Å². The zero-order valence-electron chi connectivity index (χ0n) is 9.41. The van der Waals surface area contributed by atoms with E-state index < -0.39 is 11.7 Å². The largest absolute Gasteiger partial charge is 0.416 e. The third-order valence-electron chi connectivity index (χ3n) is 2.66. The number of hydrogen-bond donors (Lipinski definition) is 1. The van der Waals surface area contributed by atoms with Gasteiger partial charge in [-0.25, -0.2) is 0 Å². The van der Waals surface area contributed by atoms with Gasteiger partial charge in [0.2, 0.25) is 0 Å². The monoisotopic (exact) mass is 252 g/mol. The Kier molecular flexibility index (Phi) is 3.39. The van der Waals surface area contributed by atoms with Crippen molar-refractivity contribution in [3.8, 4) is 11.1 Å². The molecule has 0 bridgehead atoms. The van der Waals surface area contributed by atoms with Gasteiger partial charge in [0.05, 0.1) is 12.2 Å². The maximum atomic E-state index is 12.6. The minimum absolute atomic E-state index is 0.0805. The van der Waals surface area contributed by atoms with Gasteiger partial charge in [-0.1, -0.05) is 36.4 Å². The van der Waals surface area contributed by atoms with Crippen LogP contribution in [0.3, 0.4) is 0 Å². The normalized spacial score (nSPS) is 11.6. The third kappa shape index (κ3) is 2.71. The van der Waals surface area contributed by atoms with Crippen molar-refractivity contribution in [1.82, 2.24) is 0 Å². The van der Waals surface area contributed by atoms with Crippen molar-refractivity contribution >= 4 is 0 Å². The summed E-state index contributed by atoms with van der Waals surface area (Å²) in [5, 5.41) is 8.90. The van der Waals surface area contributed by atoms with E-state index in [-0.39, 0.29) is 6.61 Å². The highest BCUT2D eigenvalue weighted by Crippen LogP contribution is 2.32. The topological polar surface area (TPSA) is 20.2 Å². The van der Waals surface area contributed by atoms with Gasteiger partial charge >= 0.3 is 6.18 Å². The number of aliphatic hydroxyl groups excluding tert-OH is 1. The standard InChI is InChI=1S/C14H11F3O/c15-14(16,17)13-3-1-2-12(8-13)11-6-4-10(9-18)5-7-11/h1-8,18H,9H2. The van der Waals surface area contributed by atoms with Crippen LogP contribution in [-0.2, 0) is 12.8 Å². The lowest BCUT2D eigenvalue weighted by Gasteiger charge is -2.09. The molecule has 0 atom stereocenters. The number of hydrogen-bond acceptors (Lipinski definition) is 1. The van der Waals surface area contributed by atoms with Gasteiger partial charge in [0.25, 0.3) is 0 Å². The fraction of sp³-hybridized carbons (Fsp3) is 0.143. The Morgan fingerprint density at radius 1 is 0.889 bits per heavy atom. The quantitative estimate of drug-likeness (QED) is 0.860. The molecule has 0 aliphatic carbocycles. The molecule has 94 valence electrons. The van der Waals surface area contributed by atoms with Gasteiger partial charge in [-0.2, -0.15) is 13.2 Å². The minimum Gasteiger partial charge on any atom is -0.392 e. The van der Waals surface area contributed by atoms with Crippen molar-refractivity contribution in [3.05, 3.63) is 59.7 Å². The maximum Gasteiger partial charge on any atom is 0.416 e. The zero-order valence-corrected chi connectivity index (χ0v) is 9.41. The van der Waals surface area contributed by atoms with Crippen molar-refractivity contribution in [1.29, 1.82) is 0 Å². The lowest BCUT2D eigenvalue weighted by Crippen LogP contribution is -2.04. The van der Waals surface area contributed by atoms with Crippen LogP contribution >= 0.6 is 0 Å². The van der Waals surface area contributed by atoms with Gasteiger partial charge < -0.3 is 5.11 Å². The summed E-state index contributed by atoms with van der Waals surface area (Å²) < 4.78 is 37.7. The molecular weight excluding hydrogens is 241 g/mol. The molecule has 0 fully saturated rings. The Morgan fingerprint density at radius 3 is 2.11 bits per heavy atom. The molecule has 2 aromatic carbocycles. The van der Waals surface area contributed by atoms with E-state index in [1.165, 1.54) is 6.07 Å². The molecule has 0 saturated carbocycles. The number of aliphatic hydroxyl groups is 1. The van der Waals surface area contributed by atoms with Crippen molar-refractivity contribution in [3.63, 3.8) is 0 Å². The summed E-state index contributed by atoms with van der Waals surface area (Å²) in [5.74, 6) is 0. The lowest BCUT2D eigenvalue weighted by atomic mass is 10.0. The molecule has 0 heterocycles. The van der Waals surface area contributed by atoms with Crippen molar-refractivity contribution in [2.75, 3.05) is 0 Å². The Morgan fingerprint density at radius 2 is 1.56 bits per heavy atom. The number of alkyl halides is 3. The molecule has 2 aromatic rings. The second kappa shape index (κ2) is 4.82. The molecule has 0 unspecified atom stereocenters. The van der Waals surface area contributed by atoms with Crippen LogP contribution in [0.1, 0.15) is 11.1 Å². The van der Waals surface area contributed by atoms with Gasteiger partial charge in [0.1, 0.15) is 0 Å². The summed E-state index contributed by atoms with van der Waals surface area (Å²) in [7, 11) is 0.